The Labute approximate surface area is 98.9 Å². The lowest BCUT2D eigenvalue weighted by Gasteiger charge is -2.05. The summed E-state index contributed by atoms with van der Waals surface area (Å²) < 4.78 is 11.1. The van der Waals surface area contributed by atoms with Gasteiger partial charge < -0.3 is 14.0 Å². The number of hydrogen-bond acceptors (Lipinski definition) is 5. The zero-order chi connectivity index (χ0) is 12.8. The fourth-order valence-corrected chi connectivity index (χ4v) is 1.14. The number of methoxy groups -OCH3 is 1. The molecule has 17 heavy (non-hydrogen) atoms. The molecule has 0 spiro atoms. The summed E-state index contributed by atoms with van der Waals surface area (Å²) in [6, 6.07) is 0. The third-order valence-corrected chi connectivity index (χ3v) is 2.04. The molecule has 0 aliphatic rings. The predicted octanol–water partition coefficient (Wildman–Crippen LogP) is 0.540. The summed E-state index contributed by atoms with van der Waals surface area (Å²) >= 11 is 0. The molecule has 0 bridgehead atoms. The van der Waals surface area contributed by atoms with Gasteiger partial charge in [-0.25, -0.2) is 9.78 Å². The molecule has 6 heteroatoms. The lowest BCUT2D eigenvalue weighted by Crippen LogP contribution is -2.13. The first kappa shape index (κ1) is 13.0. The quantitative estimate of drug-likeness (QED) is 0.565. The van der Waals surface area contributed by atoms with Gasteiger partial charge >= 0.3 is 11.9 Å². The van der Waals surface area contributed by atoms with Gasteiger partial charge in [-0.3, -0.25) is 4.79 Å². The monoisotopic (exact) mass is 238 g/mol. The molecule has 6 nitrogen and oxygen atoms in total. The minimum absolute atomic E-state index is 0.130. The van der Waals surface area contributed by atoms with Crippen LogP contribution in [0.25, 0.3) is 6.08 Å². The van der Waals surface area contributed by atoms with Gasteiger partial charge in [-0.2, -0.15) is 0 Å². The van der Waals surface area contributed by atoms with E-state index in [9.17, 15) is 9.59 Å². The van der Waals surface area contributed by atoms with Crippen LogP contribution in [0.3, 0.4) is 0 Å². The van der Waals surface area contributed by atoms with Crippen molar-refractivity contribution >= 4 is 18.0 Å². The highest BCUT2D eigenvalue weighted by Crippen LogP contribution is 2.06. The first-order valence-corrected chi connectivity index (χ1v) is 4.94. The van der Waals surface area contributed by atoms with Crippen LogP contribution in [0.2, 0.25) is 0 Å². The molecule has 0 saturated carbocycles. The minimum atomic E-state index is -0.547. The second-order valence-corrected chi connectivity index (χ2v) is 3.34. The summed E-state index contributed by atoms with van der Waals surface area (Å²) in [5, 5.41) is 0. The predicted molar refractivity (Wildman–Crippen MR) is 59.8 cm³/mol. The molecule has 0 saturated heterocycles. The van der Waals surface area contributed by atoms with Crippen molar-refractivity contribution in [2.45, 2.75) is 6.92 Å². The van der Waals surface area contributed by atoms with Crippen LogP contribution < -0.4 is 0 Å². The van der Waals surface area contributed by atoms with E-state index in [2.05, 4.69) is 9.72 Å². The van der Waals surface area contributed by atoms with Gasteiger partial charge in [0.05, 0.1) is 12.7 Å². The van der Waals surface area contributed by atoms with Gasteiger partial charge in [0, 0.05) is 26.4 Å². The van der Waals surface area contributed by atoms with Crippen LogP contribution in [0.1, 0.15) is 12.7 Å². The summed E-state index contributed by atoms with van der Waals surface area (Å²) in [4.78, 5) is 26.2. The second kappa shape index (κ2) is 5.83. The van der Waals surface area contributed by atoms with Crippen LogP contribution in [-0.4, -0.2) is 35.2 Å². The highest BCUT2D eigenvalue weighted by atomic mass is 16.5. The molecule has 1 aromatic rings. The molecule has 0 fully saturated rings. The van der Waals surface area contributed by atoms with Gasteiger partial charge in [0.25, 0.3) is 0 Å². The lowest BCUT2D eigenvalue weighted by molar-refractivity contribution is -0.141. The molecule has 0 aliphatic carbocycles. The number of carbonyl (C=O) groups excluding carboxylic acids is 2. The van der Waals surface area contributed by atoms with E-state index in [0.29, 0.717) is 5.82 Å². The van der Waals surface area contributed by atoms with E-state index in [1.807, 2.05) is 0 Å². The second-order valence-electron chi connectivity index (χ2n) is 3.34. The average molecular weight is 238 g/mol. The van der Waals surface area contributed by atoms with Gasteiger partial charge in [0.2, 0.25) is 0 Å². The first-order valence-electron chi connectivity index (χ1n) is 4.94. The normalized spacial score (nSPS) is 11.1. The minimum Gasteiger partial charge on any atom is -0.466 e. The summed E-state index contributed by atoms with van der Waals surface area (Å²) in [6.45, 7) is 1.14. The number of nitrogens with zero attached hydrogens (tertiary/aromatic N) is 2. The zero-order valence-corrected chi connectivity index (χ0v) is 9.97. The Morgan fingerprint density at radius 2 is 2.24 bits per heavy atom. The molecule has 1 aromatic heterocycles. The van der Waals surface area contributed by atoms with Crippen molar-refractivity contribution in [2.75, 3.05) is 13.7 Å². The fraction of sp³-hybridized carbons (Fsp3) is 0.364. The maximum absolute atomic E-state index is 11.4. The third kappa shape index (κ3) is 3.75. The largest absolute Gasteiger partial charge is 0.466 e. The maximum atomic E-state index is 11.4. The van der Waals surface area contributed by atoms with Gasteiger partial charge in [-0.05, 0) is 6.08 Å². The Morgan fingerprint density at radius 1 is 1.53 bits per heavy atom. The number of ether oxygens (including phenoxy) is 2. The van der Waals surface area contributed by atoms with E-state index >= 15 is 0 Å². The number of imidazole rings is 1. The van der Waals surface area contributed by atoms with Crippen LogP contribution in [0, 0.1) is 0 Å². The van der Waals surface area contributed by atoms with Crippen molar-refractivity contribution in [3.63, 3.8) is 0 Å². The molecule has 1 heterocycles. The molecule has 0 N–H and O–H groups in total. The van der Waals surface area contributed by atoms with Crippen LogP contribution in [0.4, 0.5) is 0 Å². The number of aryl methyl sites for hydroxylation is 1. The standard InChI is InChI=1S/C11H14N2O4/c1-8(14)17-7-9(11(15)16-3)6-10-12-4-5-13(10)2/h4-6H,7H2,1-3H3/b9-6+. The Bertz CT molecular complexity index is 448. The van der Waals surface area contributed by atoms with Gasteiger partial charge in [0.15, 0.2) is 0 Å². The van der Waals surface area contributed by atoms with E-state index in [-0.39, 0.29) is 12.2 Å². The van der Waals surface area contributed by atoms with Gasteiger partial charge in [-0.1, -0.05) is 0 Å². The molecule has 0 atom stereocenters. The third-order valence-electron chi connectivity index (χ3n) is 2.04. The van der Waals surface area contributed by atoms with E-state index < -0.39 is 11.9 Å². The molecule has 0 aliphatic heterocycles. The van der Waals surface area contributed by atoms with Gasteiger partial charge in [0.1, 0.15) is 12.4 Å². The van der Waals surface area contributed by atoms with Crippen molar-refractivity contribution in [3.8, 4) is 0 Å². The molecular formula is C11H14N2O4. The Morgan fingerprint density at radius 3 is 2.71 bits per heavy atom. The van der Waals surface area contributed by atoms with Crippen molar-refractivity contribution in [1.82, 2.24) is 9.55 Å². The van der Waals surface area contributed by atoms with E-state index in [1.165, 1.54) is 20.1 Å². The number of rotatable bonds is 4. The molecule has 1 rings (SSSR count). The fourth-order valence-electron chi connectivity index (χ4n) is 1.14. The number of esters is 2. The molecule has 0 aromatic carbocycles. The SMILES string of the molecule is COC(=O)/C(=C/c1nccn1C)COC(C)=O. The summed E-state index contributed by atoms with van der Waals surface area (Å²) in [6.07, 6.45) is 4.87. The lowest BCUT2D eigenvalue weighted by atomic mass is 10.2. The number of hydrogen-bond donors (Lipinski definition) is 0. The van der Waals surface area contributed by atoms with Crippen LogP contribution >= 0.6 is 0 Å². The van der Waals surface area contributed by atoms with Crippen LogP contribution in [-0.2, 0) is 26.1 Å². The van der Waals surface area contributed by atoms with Crippen molar-refractivity contribution in [1.29, 1.82) is 0 Å². The number of carbonyl (C=O) groups is 2. The topological polar surface area (TPSA) is 70.4 Å². The van der Waals surface area contributed by atoms with E-state index in [4.69, 9.17) is 4.74 Å². The summed E-state index contributed by atoms with van der Waals surface area (Å²) in [5.74, 6) is -0.425. The van der Waals surface area contributed by atoms with Crippen molar-refractivity contribution < 1.29 is 19.1 Å². The number of aromatic nitrogens is 2. The highest BCUT2D eigenvalue weighted by Gasteiger charge is 2.12. The van der Waals surface area contributed by atoms with Crippen LogP contribution in [0.15, 0.2) is 18.0 Å². The van der Waals surface area contributed by atoms with Crippen LogP contribution in [0.5, 0.6) is 0 Å². The molecule has 0 radical (unpaired) electrons. The molecule has 0 unspecified atom stereocenters. The molecular weight excluding hydrogens is 224 g/mol. The summed E-state index contributed by atoms with van der Waals surface area (Å²) in [5.41, 5.74) is 0.233. The van der Waals surface area contributed by atoms with Crippen molar-refractivity contribution in [3.05, 3.63) is 23.8 Å². The highest BCUT2D eigenvalue weighted by molar-refractivity contribution is 5.93. The maximum Gasteiger partial charge on any atom is 0.337 e. The molecule has 92 valence electrons. The Balaban J connectivity index is 2.90. The summed E-state index contributed by atoms with van der Waals surface area (Å²) in [7, 11) is 3.06. The van der Waals surface area contributed by atoms with Crippen molar-refractivity contribution in [2.24, 2.45) is 7.05 Å². The van der Waals surface area contributed by atoms with Gasteiger partial charge in [-0.15, -0.1) is 0 Å². The van der Waals surface area contributed by atoms with E-state index in [0.717, 1.165) is 0 Å². The molecule has 0 amide bonds. The van der Waals surface area contributed by atoms with E-state index in [1.54, 1.807) is 24.0 Å². The Hall–Kier alpha value is -2.11. The average Bonchev–Trinajstić information content (AvgIpc) is 2.68. The first-order chi connectivity index (χ1) is 8.04. The Kier molecular flexibility index (Phi) is 4.45. The smallest absolute Gasteiger partial charge is 0.337 e. The zero-order valence-electron chi connectivity index (χ0n) is 9.97.